The Kier molecular flexibility index (Phi) is 5.50. The number of likely N-dealkylation sites (N-methyl/N-ethyl adjacent to an activating group) is 1. The number of carbonyl (C=O) groups is 1. The molecule has 7 heteroatoms. The molecule has 2 aromatic rings. The molecule has 1 fully saturated rings. The molecule has 4 heterocycles. The van der Waals surface area contributed by atoms with E-state index in [0.29, 0.717) is 32.2 Å². The second kappa shape index (κ2) is 8.19. The predicted molar refractivity (Wildman–Crippen MR) is 99.9 cm³/mol. The van der Waals surface area contributed by atoms with E-state index < -0.39 is 0 Å². The molecule has 1 atom stereocenters. The van der Waals surface area contributed by atoms with Crippen LogP contribution in [0.5, 0.6) is 0 Å². The van der Waals surface area contributed by atoms with Crippen LogP contribution < -0.4 is 0 Å². The highest BCUT2D eigenvalue weighted by Gasteiger charge is 2.28. The van der Waals surface area contributed by atoms with Crippen molar-refractivity contribution >= 4 is 5.91 Å². The molecule has 0 spiro atoms. The number of fused-ring (bicyclic) bond motifs is 1. The molecule has 0 aliphatic carbocycles. The minimum atomic E-state index is 0.0287. The van der Waals surface area contributed by atoms with Crippen LogP contribution in [0.15, 0.2) is 29.0 Å². The molecule has 2 aliphatic rings. The van der Waals surface area contributed by atoms with Gasteiger partial charge in [0, 0.05) is 42.5 Å². The lowest BCUT2D eigenvalue weighted by Crippen LogP contribution is -2.41. The fourth-order valence-corrected chi connectivity index (χ4v) is 3.89. The van der Waals surface area contributed by atoms with Gasteiger partial charge in [-0.3, -0.25) is 9.78 Å². The van der Waals surface area contributed by atoms with E-state index in [1.54, 1.807) is 12.4 Å². The van der Waals surface area contributed by atoms with Crippen molar-refractivity contribution in [1.82, 2.24) is 19.9 Å². The largest absolute Gasteiger partial charge is 0.370 e. The molecule has 7 nitrogen and oxygen atoms in total. The second-order valence-corrected chi connectivity index (χ2v) is 7.38. The lowest BCUT2D eigenvalue weighted by molar-refractivity contribution is -0.137. The van der Waals surface area contributed by atoms with E-state index in [1.807, 2.05) is 17.0 Å². The normalized spacial score (nSPS) is 20.5. The number of likely N-dealkylation sites (tertiary alicyclic amines) is 1. The molecule has 1 unspecified atom stereocenters. The first-order chi connectivity index (χ1) is 13.2. The van der Waals surface area contributed by atoms with Gasteiger partial charge in [-0.1, -0.05) is 11.6 Å². The van der Waals surface area contributed by atoms with Crippen molar-refractivity contribution in [1.29, 1.82) is 0 Å². The molecule has 2 aromatic heterocycles. The molecule has 0 saturated carbocycles. The molecular formula is C20H26N4O3. The number of rotatable bonds is 5. The Morgan fingerprint density at radius 3 is 2.96 bits per heavy atom. The zero-order valence-corrected chi connectivity index (χ0v) is 15.8. The summed E-state index contributed by atoms with van der Waals surface area (Å²) in [5.74, 6) is 0.900. The summed E-state index contributed by atoms with van der Waals surface area (Å²) >= 11 is 0. The van der Waals surface area contributed by atoms with E-state index in [9.17, 15) is 4.79 Å². The first-order valence-corrected chi connectivity index (χ1v) is 9.66. The van der Waals surface area contributed by atoms with Crippen molar-refractivity contribution in [3.8, 4) is 11.3 Å². The van der Waals surface area contributed by atoms with Gasteiger partial charge in [0.05, 0.1) is 13.2 Å². The van der Waals surface area contributed by atoms with Crippen molar-refractivity contribution < 1.29 is 14.1 Å². The lowest BCUT2D eigenvalue weighted by atomic mass is 10.0. The maximum atomic E-state index is 12.6. The van der Waals surface area contributed by atoms with Gasteiger partial charge in [0.2, 0.25) is 5.91 Å². The summed E-state index contributed by atoms with van der Waals surface area (Å²) in [4.78, 5) is 20.8. The number of ether oxygens (including phenoxy) is 1. The molecule has 0 bridgehead atoms. The van der Waals surface area contributed by atoms with Gasteiger partial charge in [-0.25, -0.2) is 0 Å². The van der Waals surface area contributed by atoms with E-state index in [0.717, 1.165) is 35.5 Å². The Hall–Kier alpha value is -2.25. The molecule has 4 rings (SSSR count). The average Bonchev–Trinajstić information content (AvgIpc) is 3.13. The molecule has 1 saturated heterocycles. The zero-order chi connectivity index (χ0) is 18.6. The topological polar surface area (TPSA) is 71.7 Å². The summed E-state index contributed by atoms with van der Waals surface area (Å²) < 4.78 is 11.3. The zero-order valence-electron chi connectivity index (χ0n) is 15.8. The van der Waals surface area contributed by atoms with Gasteiger partial charge in [-0.05, 0) is 38.6 Å². The number of pyridine rings is 1. The minimum Gasteiger partial charge on any atom is -0.370 e. The third kappa shape index (κ3) is 4.04. The monoisotopic (exact) mass is 370 g/mol. The van der Waals surface area contributed by atoms with Crippen LogP contribution >= 0.6 is 0 Å². The molecule has 1 amide bonds. The maximum Gasteiger partial charge on any atom is 0.248 e. The molecule has 27 heavy (non-hydrogen) atoms. The van der Waals surface area contributed by atoms with E-state index >= 15 is 0 Å². The van der Waals surface area contributed by atoms with Crippen LogP contribution in [0.25, 0.3) is 11.3 Å². The Bertz CT molecular complexity index is 777. The van der Waals surface area contributed by atoms with Crippen molar-refractivity contribution in [2.45, 2.75) is 38.3 Å². The van der Waals surface area contributed by atoms with Crippen molar-refractivity contribution in [3.63, 3.8) is 0 Å². The highest BCUT2D eigenvalue weighted by molar-refractivity contribution is 5.78. The van der Waals surface area contributed by atoms with Gasteiger partial charge in [-0.15, -0.1) is 0 Å². The number of nitrogens with zero attached hydrogens (tertiary/aromatic N) is 4. The number of hydrogen-bond donors (Lipinski definition) is 0. The van der Waals surface area contributed by atoms with E-state index in [-0.39, 0.29) is 12.5 Å². The summed E-state index contributed by atoms with van der Waals surface area (Å²) in [6, 6.07) is 4.24. The number of amides is 1. The van der Waals surface area contributed by atoms with Crippen molar-refractivity contribution in [2.24, 2.45) is 0 Å². The predicted octanol–water partition coefficient (Wildman–Crippen LogP) is 2.12. The van der Waals surface area contributed by atoms with Gasteiger partial charge >= 0.3 is 0 Å². The smallest absolute Gasteiger partial charge is 0.248 e. The SMILES string of the molecule is CN1CCCCC1COCC(=O)N1CCc2onc(-c3ccncc3)c2C1. The Labute approximate surface area is 159 Å². The van der Waals surface area contributed by atoms with Crippen LogP contribution in [0.2, 0.25) is 0 Å². The summed E-state index contributed by atoms with van der Waals surface area (Å²) in [5.41, 5.74) is 2.75. The number of hydrogen-bond acceptors (Lipinski definition) is 6. The van der Waals surface area contributed by atoms with Crippen molar-refractivity contribution in [2.75, 3.05) is 33.4 Å². The van der Waals surface area contributed by atoms with Crippen LogP contribution in [0.4, 0.5) is 0 Å². The Morgan fingerprint density at radius 2 is 2.15 bits per heavy atom. The van der Waals surface area contributed by atoms with Gasteiger partial charge in [0.25, 0.3) is 0 Å². The summed E-state index contributed by atoms with van der Waals surface area (Å²) in [6.45, 7) is 3.03. The molecule has 0 N–H and O–H groups in total. The van der Waals surface area contributed by atoms with Crippen LogP contribution in [0.3, 0.4) is 0 Å². The molecule has 144 valence electrons. The number of piperidine rings is 1. The Balaban J connectivity index is 1.35. The first kappa shape index (κ1) is 18.1. The lowest BCUT2D eigenvalue weighted by Gasteiger charge is -2.32. The quantitative estimate of drug-likeness (QED) is 0.803. The molecule has 0 aromatic carbocycles. The Morgan fingerprint density at radius 1 is 1.30 bits per heavy atom. The maximum absolute atomic E-state index is 12.6. The third-order valence-corrected chi connectivity index (χ3v) is 5.59. The molecule has 0 radical (unpaired) electrons. The van der Waals surface area contributed by atoms with Gasteiger partial charge in [-0.2, -0.15) is 0 Å². The average molecular weight is 370 g/mol. The fraction of sp³-hybridized carbons (Fsp3) is 0.550. The van der Waals surface area contributed by atoms with Gasteiger partial charge in [0.1, 0.15) is 18.1 Å². The first-order valence-electron chi connectivity index (χ1n) is 9.66. The van der Waals surface area contributed by atoms with E-state index in [4.69, 9.17) is 9.26 Å². The third-order valence-electron chi connectivity index (χ3n) is 5.59. The summed E-state index contributed by atoms with van der Waals surface area (Å²) in [6.07, 6.45) is 7.79. The van der Waals surface area contributed by atoms with Crippen molar-refractivity contribution in [3.05, 3.63) is 35.9 Å². The van der Waals surface area contributed by atoms with E-state index in [1.165, 1.54) is 12.8 Å². The van der Waals surface area contributed by atoms with Crippen LogP contribution in [-0.4, -0.2) is 65.2 Å². The minimum absolute atomic E-state index is 0.0287. The van der Waals surface area contributed by atoms with Crippen LogP contribution in [-0.2, 0) is 22.5 Å². The highest BCUT2D eigenvalue weighted by Crippen LogP contribution is 2.29. The standard InChI is InChI=1S/C20H26N4O3/c1-23-10-3-2-4-16(23)13-26-14-19(25)24-11-7-18-17(12-24)20(22-27-18)15-5-8-21-9-6-15/h5-6,8-9,16H,2-4,7,10-14H2,1H3. The number of aromatic nitrogens is 2. The highest BCUT2D eigenvalue weighted by atomic mass is 16.5. The molecular weight excluding hydrogens is 344 g/mol. The van der Waals surface area contributed by atoms with E-state index in [2.05, 4.69) is 22.1 Å². The molecule has 2 aliphatic heterocycles. The summed E-state index contributed by atoms with van der Waals surface area (Å²) in [7, 11) is 2.13. The fourth-order valence-electron chi connectivity index (χ4n) is 3.89. The summed E-state index contributed by atoms with van der Waals surface area (Å²) in [5, 5.41) is 4.22. The van der Waals surface area contributed by atoms with Crippen LogP contribution in [0.1, 0.15) is 30.6 Å². The van der Waals surface area contributed by atoms with Gasteiger partial charge in [0.15, 0.2) is 0 Å². The van der Waals surface area contributed by atoms with Crippen LogP contribution in [0, 0.1) is 0 Å². The number of carbonyl (C=O) groups excluding carboxylic acids is 1. The second-order valence-electron chi connectivity index (χ2n) is 7.38. The van der Waals surface area contributed by atoms with Gasteiger partial charge < -0.3 is 19.1 Å².